The fraction of sp³-hybridized carbons (Fsp3) is 0.500. The first kappa shape index (κ1) is 21.4. The van der Waals surface area contributed by atoms with Crippen LogP contribution >= 0.6 is 0 Å². The normalized spacial score (nSPS) is 14.0. The number of carbonyl (C=O) groups is 4. The minimum atomic E-state index is -0.639. The van der Waals surface area contributed by atoms with Gasteiger partial charge >= 0.3 is 5.97 Å². The minimum absolute atomic E-state index is 0.0689. The summed E-state index contributed by atoms with van der Waals surface area (Å²) in [4.78, 5) is 50.7. The molecule has 152 valence electrons. The maximum absolute atomic E-state index is 12.1. The summed E-state index contributed by atoms with van der Waals surface area (Å²) >= 11 is 0. The average molecular weight is 389 g/mol. The number of hydrogen-bond donors (Lipinski definition) is 1. The van der Waals surface area contributed by atoms with Gasteiger partial charge in [0, 0.05) is 31.2 Å². The van der Waals surface area contributed by atoms with Gasteiger partial charge < -0.3 is 19.9 Å². The monoisotopic (exact) mass is 389 g/mol. The molecule has 1 aliphatic heterocycles. The third-order valence-corrected chi connectivity index (χ3v) is 4.14. The van der Waals surface area contributed by atoms with Gasteiger partial charge in [-0.05, 0) is 51.5 Å². The van der Waals surface area contributed by atoms with Gasteiger partial charge in [0.05, 0.1) is 12.1 Å². The average Bonchev–Trinajstić information content (AvgIpc) is 3.03. The van der Waals surface area contributed by atoms with Crippen LogP contribution in [0, 0.1) is 0 Å². The fourth-order valence-electron chi connectivity index (χ4n) is 2.78. The van der Waals surface area contributed by atoms with E-state index in [2.05, 4.69) is 5.32 Å². The van der Waals surface area contributed by atoms with Crippen molar-refractivity contribution in [3.63, 3.8) is 0 Å². The highest BCUT2D eigenvalue weighted by atomic mass is 16.5. The van der Waals surface area contributed by atoms with Crippen molar-refractivity contribution >= 4 is 29.4 Å². The Morgan fingerprint density at radius 2 is 1.82 bits per heavy atom. The molecular formula is C20H27N3O5. The Kier molecular flexibility index (Phi) is 6.77. The number of benzene rings is 1. The fourth-order valence-corrected chi connectivity index (χ4v) is 2.78. The number of esters is 1. The van der Waals surface area contributed by atoms with Crippen LogP contribution in [0.25, 0.3) is 0 Å². The first-order valence-corrected chi connectivity index (χ1v) is 9.19. The van der Waals surface area contributed by atoms with Gasteiger partial charge in [-0.15, -0.1) is 0 Å². The second-order valence-electron chi connectivity index (χ2n) is 7.82. The number of carbonyl (C=O) groups excluding carboxylic acids is 4. The maximum Gasteiger partial charge on any atom is 0.338 e. The standard InChI is InChI=1S/C20H27N3O5/c1-20(2,3)21-16(24)12-22(4)18(26)13-28-19(27)14-7-9-15(10-8-14)23-11-5-6-17(23)25/h7-10H,5-6,11-13H2,1-4H3,(H,21,24). The van der Waals surface area contributed by atoms with Crippen molar-refractivity contribution in [3.05, 3.63) is 29.8 Å². The highest BCUT2D eigenvalue weighted by Crippen LogP contribution is 2.21. The van der Waals surface area contributed by atoms with Crippen molar-refractivity contribution in [2.24, 2.45) is 0 Å². The van der Waals surface area contributed by atoms with E-state index in [1.165, 1.54) is 11.9 Å². The Balaban J connectivity index is 1.83. The molecule has 1 N–H and O–H groups in total. The van der Waals surface area contributed by atoms with E-state index in [0.29, 0.717) is 13.0 Å². The number of nitrogens with zero attached hydrogens (tertiary/aromatic N) is 2. The molecule has 1 saturated heterocycles. The van der Waals surface area contributed by atoms with Gasteiger partial charge in [0.2, 0.25) is 11.8 Å². The Morgan fingerprint density at radius 1 is 1.18 bits per heavy atom. The van der Waals surface area contributed by atoms with Crippen LogP contribution in [0.15, 0.2) is 24.3 Å². The zero-order valence-corrected chi connectivity index (χ0v) is 16.8. The van der Waals surface area contributed by atoms with Crippen LogP contribution in [0.5, 0.6) is 0 Å². The van der Waals surface area contributed by atoms with E-state index in [1.54, 1.807) is 29.2 Å². The van der Waals surface area contributed by atoms with Crippen molar-refractivity contribution in [2.45, 2.75) is 39.2 Å². The minimum Gasteiger partial charge on any atom is -0.452 e. The SMILES string of the molecule is CN(CC(=O)NC(C)(C)C)C(=O)COC(=O)c1ccc(N2CCCC2=O)cc1. The number of anilines is 1. The number of rotatable bonds is 6. The summed E-state index contributed by atoms with van der Waals surface area (Å²) in [6.45, 7) is 5.64. The molecule has 1 heterocycles. The highest BCUT2D eigenvalue weighted by Gasteiger charge is 2.22. The lowest BCUT2D eigenvalue weighted by Crippen LogP contribution is -2.46. The second-order valence-corrected chi connectivity index (χ2v) is 7.82. The molecule has 0 radical (unpaired) electrons. The topological polar surface area (TPSA) is 96.0 Å². The lowest BCUT2D eigenvalue weighted by atomic mass is 10.1. The maximum atomic E-state index is 12.1. The van der Waals surface area contributed by atoms with Gasteiger partial charge in [0.25, 0.3) is 5.91 Å². The van der Waals surface area contributed by atoms with Gasteiger partial charge in [0.15, 0.2) is 6.61 Å². The van der Waals surface area contributed by atoms with Crippen molar-refractivity contribution in [2.75, 3.05) is 31.6 Å². The molecule has 1 fully saturated rings. The first-order chi connectivity index (χ1) is 13.1. The van der Waals surface area contributed by atoms with Crippen molar-refractivity contribution < 1.29 is 23.9 Å². The molecule has 0 aromatic heterocycles. The van der Waals surface area contributed by atoms with Crippen molar-refractivity contribution in [3.8, 4) is 0 Å². The number of likely N-dealkylation sites (N-methyl/N-ethyl adjacent to an activating group) is 1. The molecule has 0 saturated carbocycles. The summed E-state index contributed by atoms with van der Waals surface area (Å²) in [7, 11) is 1.47. The summed E-state index contributed by atoms with van der Waals surface area (Å²) in [6.07, 6.45) is 1.36. The van der Waals surface area contributed by atoms with E-state index in [9.17, 15) is 19.2 Å². The Bertz CT molecular complexity index is 752. The molecule has 8 heteroatoms. The lowest BCUT2D eigenvalue weighted by Gasteiger charge is -2.23. The quantitative estimate of drug-likeness (QED) is 0.741. The molecule has 1 aromatic rings. The molecule has 0 unspecified atom stereocenters. The molecular weight excluding hydrogens is 362 g/mol. The number of nitrogens with one attached hydrogen (secondary N) is 1. The van der Waals surface area contributed by atoms with E-state index in [4.69, 9.17) is 4.74 Å². The third kappa shape index (κ3) is 6.07. The molecule has 1 aromatic carbocycles. The van der Waals surface area contributed by atoms with Gasteiger partial charge in [-0.3, -0.25) is 14.4 Å². The van der Waals surface area contributed by atoms with E-state index in [-0.39, 0.29) is 29.5 Å². The van der Waals surface area contributed by atoms with Crippen molar-refractivity contribution in [1.82, 2.24) is 10.2 Å². The zero-order valence-electron chi connectivity index (χ0n) is 16.8. The lowest BCUT2D eigenvalue weighted by molar-refractivity contribution is -0.137. The molecule has 0 aliphatic carbocycles. The molecule has 0 atom stereocenters. The molecule has 3 amide bonds. The summed E-state index contributed by atoms with van der Waals surface area (Å²) in [5.74, 6) is -1.34. The predicted molar refractivity (Wildman–Crippen MR) is 104 cm³/mol. The summed E-state index contributed by atoms with van der Waals surface area (Å²) in [6, 6.07) is 6.50. The van der Waals surface area contributed by atoms with Gasteiger partial charge in [0.1, 0.15) is 0 Å². The molecule has 8 nitrogen and oxygen atoms in total. The first-order valence-electron chi connectivity index (χ1n) is 9.19. The van der Waals surface area contributed by atoms with E-state index < -0.39 is 18.5 Å². The largest absolute Gasteiger partial charge is 0.452 e. The summed E-state index contributed by atoms with van der Waals surface area (Å²) < 4.78 is 5.04. The molecule has 28 heavy (non-hydrogen) atoms. The molecule has 1 aliphatic rings. The predicted octanol–water partition coefficient (Wildman–Crippen LogP) is 1.34. The summed E-state index contributed by atoms with van der Waals surface area (Å²) in [5, 5.41) is 2.76. The molecule has 0 spiro atoms. The van der Waals surface area contributed by atoms with Crippen LogP contribution < -0.4 is 10.2 Å². The van der Waals surface area contributed by atoms with Gasteiger partial charge in [-0.1, -0.05) is 0 Å². The van der Waals surface area contributed by atoms with Crippen molar-refractivity contribution in [1.29, 1.82) is 0 Å². The Hall–Kier alpha value is -2.90. The van der Waals surface area contributed by atoms with Crippen LogP contribution in [-0.4, -0.2) is 60.9 Å². The van der Waals surface area contributed by atoms with Crippen LogP contribution in [0.3, 0.4) is 0 Å². The zero-order chi connectivity index (χ0) is 20.9. The van der Waals surface area contributed by atoms with Gasteiger partial charge in [-0.2, -0.15) is 0 Å². The second kappa shape index (κ2) is 8.86. The number of ether oxygens (including phenoxy) is 1. The van der Waals surface area contributed by atoms with E-state index in [0.717, 1.165) is 12.1 Å². The van der Waals surface area contributed by atoms with Crippen LogP contribution in [0.2, 0.25) is 0 Å². The van der Waals surface area contributed by atoms with Crippen LogP contribution in [-0.2, 0) is 19.1 Å². The smallest absolute Gasteiger partial charge is 0.338 e. The van der Waals surface area contributed by atoms with Gasteiger partial charge in [-0.25, -0.2) is 4.79 Å². The molecule has 2 rings (SSSR count). The molecule has 0 bridgehead atoms. The van der Waals surface area contributed by atoms with E-state index >= 15 is 0 Å². The third-order valence-electron chi connectivity index (χ3n) is 4.14. The Morgan fingerprint density at radius 3 is 2.36 bits per heavy atom. The number of amides is 3. The summed E-state index contributed by atoms with van der Waals surface area (Å²) in [5.41, 5.74) is 0.635. The Labute approximate surface area is 164 Å². The number of hydrogen-bond acceptors (Lipinski definition) is 5. The van der Waals surface area contributed by atoms with E-state index in [1.807, 2.05) is 20.8 Å². The van der Waals surface area contributed by atoms with Crippen LogP contribution in [0.4, 0.5) is 5.69 Å². The van der Waals surface area contributed by atoms with Crippen LogP contribution in [0.1, 0.15) is 44.0 Å². The highest BCUT2D eigenvalue weighted by molar-refractivity contribution is 5.96.